The van der Waals surface area contributed by atoms with Crippen molar-refractivity contribution >= 4 is 17.4 Å². The van der Waals surface area contributed by atoms with Crippen LogP contribution in [0.2, 0.25) is 0 Å². The van der Waals surface area contributed by atoms with Gasteiger partial charge >= 0.3 is 0 Å². The molecule has 1 aromatic heterocycles. The third kappa shape index (κ3) is 2.51. The van der Waals surface area contributed by atoms with Crippen molar-refractivity contribution < 1.29 is 9.53 Å². The van der Waals surface area contributed by atoms with Crippen LogP contribution in [-0.2, 0) is 0 Å². The Labute approximate surface area is 146 Å². The molecule has 4 N–H and O–H groups in total. The lowest BCUT2D eigenvalue weighted by Gasteiger charge is -2.41. The molecule has 2 aliphatic heterocycles. The number of benzene rings is 1. The van der Waals surface area contributed by atoms with E-state index in [4.69, 9.17) is 16.2 Å². The fourth-order valence-corrected chi connectivity index (χ4v) is 3.77. The minimum atomic E-state index is -0.398. The number of rotatable bonds is 2. The highest BCUT2D eigenvalue weighted by Crippen LogP contribution is 2.47. The van der Waals surface area contributed by atoms with Gasteiger partial charge in [0.2, 0.25) is 0 Å². The molecule has 3 heterocycles. The summed E-state index contributed by atoms with van der Waals surface area (Å²) in [4.78, 5) is 22.4. The standard InChI is InChI=1S/C18H21N5O2/c1-11(24)15-17(22-14(19)10-21-15)23-8-6-18(7-9-23)16(20)12-4-2-3-5-13(12)25-18/h2-5,10,16H,6-9,20H2,1H3,(H2,19,22)/t16-/m1/s1. The molecule has 0 aliphatic carbocycles. The second-order valence-corrected chi connectivity index (χ2v) is 6.69. The molecule has 0 amide bonds. The van der Waals surface area contributed by atoms with Crippen molar-refractivity contribution in [2.75, 3.05) is 23.7 Å². The van der Waals surface area contributed by atoms with E-state index in [2.05, 4.69) is 9.97 Å². The zero-order chi connectivity index (χ0) is 17.6. The molecule has 4 rings (SSSR count). The number of nitrogens with two attached hydrogens (primary N) is 2. The molecular weight excluding hydrogens is 318 g/mol. The molecule has 1 spiro atoms. The Morgan fingerprint density at radius 2 is 2.04 bits per heavy atom. The van der Waals surface area contributed by atoms with Gasteiger partial charge in [0.05, 0.1) is 12.2 Å². The number of Topliss-reactive ketones (excluding diaryl/α,β-unsaturated/α-hetero) is 1. The maximum Gasteiger partial charge on any atom is 0.181 e. The van der Waals surface area contributed by atoms with Crippen LogP contribution in [0.4, 0.5) is 11.6 Å². The number of ketones is 1. The van der Waals surface area contributed by atoms with Crippen LogP contribution in [-0.4, -0.2) is 34.4 Å². The van der Waals surface area contributed by atoms with Gasteiger partial charge in [0.1, 0.15) is 22.9 Å². The topological polar surface area (TPSA) is 107 Å². The van der Waals surface area contributed by atoms with Crippen LogP contribution in [0.3, 0.4) is 0 Å². The molecule has 1 saturated heterocycles. The summed E-state index contributed by atoms with van der Waals surface area (Å²) in [6, 6.07) is 7.79. The highest BCUT2D eigenvalue weighted by molar-refractivity contribution is 5.97. The summed E-state index contributed by atoms with van der Waals surface area (Å²) in [5.41, 5.74) is 13.3. The largest absolute Gasteiger partial charge is 0.485 e. The molecule has 2 aromatic rings. The van der Waals surface area contributed by atoms with Crippen LogP contribution in [0.1, 0.15) is 41.9 Å². The number of hydrogen-bond donors (Lipinski definition) is 2. The lowest BCUT2D eigenvalue weighted by atomic mass is 9.83. The molecule has 2 aliphatic rings. The predicted octanol–water partition coefficient (Wildman–Crippen LogP) is 1.69. The Balaban J connectivity index is 1.57. The van der Waals surface area contributed by atoms with Crippen LogP contribution >= 0.6 is 0 Å². The minimum Gasteiger partial charge on any atom is -0.485 e. The van der Waals surface area contributed by atoms with Gasteiger partial charge in [-0.05, 0) is 6.07 Å². The summed E-state index contributed by atoms with van der Waals surface area (Å²) >= 11 is 0. The van der Waals surface area contributed by atoms with Crippen molar-refractivity contribution in [1.82, 2.24) is 9.97 Å². The molecule has 1 aromatic carbocycles. The summed E-state index contributed by atoms with van der Waals surface area (Å²) in [5, 5.41) is 0. The number of hydrogen-bond acceptors (Lipinski definition) is 7. The highest BCUT2D eigenvalue weighted by atomic mass is 16.5. The first-order valence-corrected chi connectivity index (χ1v) is 8.42. The predicted molar refractivity (Wildman–Crippen MR) is 94.6 cm³/mol. The number of anilines is 2. The average Bonchev–Trinajstić information content (AvgIpc) is 2.88. The first-order chi connectivity index (χ1) is 12.0. The summed E-state index contributed by atoms with van der Waals surface area (Å²) < 4.78 is 6.25. The third-order valence-corrected chi connectivity index (χ3v) is 5.15. The Morgan fingerprint density at radius 3 is 2.72 bits per heavy atom. The first-order valence-electron chi connectivity index (χ1n) is 8.42. The summed E-state index contributed by atoms with van der Waals surface area (Å²) in [7, 11) is 0. The van der Waals surface area contributed by atoms with Crippen LogP contribution in [0.15, 0.2) is 30.5 Å². The van der Waals surface area contributed by atoms with E-state index in [9.17, 15) is 4.79 Å². The van der Waals surface area contributed by atoms with Crippen LogP contribution in [0.5, 0.6) is 5.75 Å². The number of ether oxygens (including phenoxy) is 1. The van der Waals surface area contributed by atoms with E-state index in [-0.39, 0.29) is 11.8 Å². The van der Waals surface area contributed by atoms with Gasteiger partial charge in [0, 0.05) is 38.4 Å². The van der Waals surface area contributed by atoms with Crippen molar-refractivity contribution in [3.8, 4) is 5.75 Å². The number of para-hydroxylation sites is 1. The molecule has 0 radical (unpaired) electrons. The number of piperidine rings is 1. The number of nitrogens with zero attached hydrogens (tertiary/aromatic N) is 3. The fraction of sp³-hybridized carbons (Fsp3) is 0.389. The van der Waals surface area contributed by atoms with Crippen LogP contribution < -0.4 is 21.1 Å². The molecule has 1 atom stereocenters. The SMILES string of the molecule is CC(=O)c1ncc(N)nc1N1CCC2(CC1)Oc1ccccc1[C@H]2N. The molecule has 0 bridgehead atoms. The monoisotopic (exact) mass is 339 g/mol. The quantitative estimate of drug-likeness (QED) is 0.802. The van der Waals surface area contributed by atoms with Gasteiger partial charge in [-0.1, -0.05) is 18.2 Å². The molecule has 7 heteroatoms. The Kier molecular flexibility index (Phi) is 3.61. The van der Waals surface area contributed by atoms with Gasteiger partial charge in [0.25, 0.3) is 0 Å². The number of fused-ring (bicyclic) bond motifs is 1. The van der Waals surface area contributed by atoms with E-state index in [1.165, 1.54) is 13.1 Å². The van der Waals surface area contributed by atoms with E-state index >= 15 is 0 Å². The molecule has 0 unspecified atom stereocenters. The van der Waals surface area contributed by atoms with Gasteiger partial charge in [0.15, 0.2) is 11.6 Å². The molecule has 25 heavy (non-hydrogen) atoms. The van der Waals surface area contributed by atoms with Gasteiger partial charge in [-0.25, -0.2) is 9.97 Å². The normalized spacial score (nSPS) is 21.0. The number of carbonyl (C=O) groups is 1. The Bertz CT molecular complexity index is 830. The van der Waals surface area contributed by atoms with Gasteiger partial charge in [-0.3, -0.25) is 4.79 Å². The van der Waals surface area contributed by atoms with E-state index in [0.717, 1.165) is 24.2 Å². The average molecular weight is 339 g/mol. The van der Waals surface area contributed by atoms with E-state index in [1.54, 1.807) is 0 Å². The van der Waals surface area contributed by atoms with Crippen molar-refractivity contribution in [2.45, 2.75) is 31.4 Å². The lowest BCUT2D eigenvalue weighted by molar-refractivity contribution is 0.0431. The second-order valence-electron chi connectivity index (χ2n) is 6.69. The first kappa shape index (κ1) is 15.8. The maximum absolute atomic E-state index is 11.9. The Hall–Kier alpha value is -2.67. The van der Waals surface area contributed by atoms with Crippen molar-refractivity contribution in [3.63, 3.8) is 0 Å². The summed E-state index contributed by atoms with van der Waals surface area (Å²) in [6.45, 7) is 2.85. The van der Waals surface area contributed by atoms with Crippen molar-refractivity contribution in [1.29, 1.82) is 0 Å². The molecule has 7 nitrogen and oxygen atoms in total. The number of aromatic nitrogens is 2. The lowest BCUT2D eigenvalue weighted by Crippen LogP contribution is -2.51. The van der Waals surface area contributed by atoms with Crippen LogP contribution in [0, 0.1) is 0 Å². The molecule has 130 valence electrons. The van der Waals surface area contributed by atoms with Crippen LogP contribution in [0.25, 0.3) is 0 Å². The summed E-state index contributed by atoms with van der Waals surface area (Å²) in [6.07, 6.45) is 2.91. The Morgan fingerprint density at radius 1 is 1.32 bits per heavy atom. The zero-order valence-corrected chi connectivity index (χ0v) is 14.1. The number of carbonyl (C=O) groups excluding carboxylic acids is 1. The van der Waals surface area contributed by atoms with Gasteiger partial charge in [-0.15, -0.1) is 0 Å². The highest BCUT2D eigenvalue weighted by Gasteiger charge is 2.48. The van der Waals surface area contributed by atoms with Crippen molar-refractivity contribution in [2.24, 2.45) is 5.73 Å². The van der Waals surface area contributed by atoms with Crippen molar-refractivity contribution in [3.05, 3.63) is 41.7 Å². The molecular formula is C18H21N5O2. The van der Waals surface area contributed by atoms with Gasteiger partial charge < -0.3 is 21.1 Å². The molecule has 1 fully saturated rings. The smallest absolute Gasteiger partial charge is 0.181 e. The van der Waals surface area contributed by atoms with E-state index < -0.39 is 5.60 Å². The van der Waals surface area contributed by atoms with E-state index in [1.807, 2.05) is 29.2 Å². The van der Waals surface area contributed by atoms with E-state index in [0.29, 0.717) is 30.4 Å². The maximum atomic E-state index is 11.9. The summed E-state index contributed by atoms with van der Waals surface area (Å²) in [5.74, 6) is 1.61. The fourth-order valence-electron chi connectivity index (χ4n) is 3.77. The third-order valence-electron chi connectivity index (χ3n) is 5.15. The molecule has 0 saturated carbocycles. The van der Waals surface area contributed by atoms with Gasteiger partial charge in [-0.2, -0.15) is 0 Å². The zero-order valence-electron chi connectivity index (χ0n) is 14.1. The second kappa shape index (κ2) is 5.70. The number of nitrogen functional groups attached to an aromatic ring is 1. The minimum absolute atomic E-state index is 0.121.